The second-order valence-corrected chi connectivity index (χ2v) is 4.19. The molecule has 0 aromatic heterocycles. The van der Waals surface area contributed by atoms with E-state index in [2.05, 4.69) is 0 Å². The van der Waals surface area contributed by atoms with Gasteiger partial charge in [0.2, 0.25) is 0 Å². The van der Waals surface area contributed by atoms with E-state index in [0.717, 1.165) is 11.1 Å². The van der Waals surface area contributed by atoms with Gasteiger partial charge in [-0.15, -0.1) is 0 Å². The number of halogens is 1. The van der Waals surface area contributed by atoms with Crippen molar-refractivity contribution in [1.29, 1.82) is 0 Å². The van der Waals surface area contributed by atoms with Crippen LogP contribution < -0.4 is 0 Å². The monoisotopic (exact) mass is 208 g/mol. The highest BCUT2D eigenvalue weighted by molar-refractivity contribution is 5.80. The van der Waals surface area contributed by atoms with Crippen LogP contribution in [0.3, 0.4) is 0 Å². The molecule has 0 spiro atoms. The van der Waals surface area contributed by atoms with Crippen molar-refractivity contribution in [2.24, 2.45) is 5.92 Å². The van der Waals surface area contributed by atoms with Gasteiger partial charge in [-0.2, -0.15) is 0 Å². The minimum absolute atomic E-state index is 0.0887. The molecule has 0 saturated carbocycles. The quantitative estimate of drug-likeness (QED) is 0.742. The second-order valence-electron chi connectivity index (χ2n) is 4.19. The lowest BCUT2D eigenvalue weighted by Gasteiger charge is -2.06. The number of rotatable bonds is 4. The first-order valence-electron chi connectivity index (χ1n) is 5.28. The number of carbonyl (C=O) groups is 1. The van der Waals surface area contributed by atoms with Crippen molar-refractivity contribution in [1.82, 2.24) is 0 Å². The van der Waals surface area contributed by atoms with Crippen LogP contribution in [0, 0.1) is 18.7 Å². The van der Waals surface area contributed by atoms with E-state index in [4.69, 9.17) is 0 Å². The van der Waals surface area contributed by atoms with E-state index in [0.29, 0.717) is 12.8 Å². The topological polar surface area (TPSA) is 17.1 Å². The Kier molecular flexibility index (Phi) is 4.01. The smallest absolute Gasteiger partial charge is 0.135 e. The van der Waals surface area contributed by atoms with Crippen molar-refractivity contribution in [3.8, 4) is 0 Å². The maximum absolute atomic E-state index is 12.8. The van der Waals surface area contributed by atoms with E-state index in [1.165, 1.54) is 12.1 Å². The molecule has 1 aromatic carbocycles. The molecule has 2 heteroatoms. The van der Waals surface area contributed by atoms with E-state index in [-0.39, 0.29) is 17.5 Å². The van der Waals surface area contributed by atoms with Crippen LogP contribution >= 0.6 is 0 Å². The maximum atomic E-state index is 12.8. The molecule has 0 radical (unpaired) electrons. The third kappa shape index (κ3) is 3.46. The molecular formula is C13H17FO. The third-order valence-electron chi connectivity index (χ3n) is 2.59. The summed E-state index contributed by atoms with van der Waals surface area (Å²) in [5.74, 6) is 0.135. The van der Waals surface area contributed by atoms with Gasteiger partial charge < -0.3 is 0 Å². The van der Waals surface area contributed by atoms with Gasteiger partial charge in [0.15, 0.2) is 0 Å². The van der Waals surface area contributed by atoms with Crippen LogP contribution in [0.25, 0.3) is 0 Å². The molecule has 0 aliphatic carbocycles. The van der Waals surface area contributed by atoms with Crippen LogP contribution in [-0.2, 0) is 11.2 Å². The Labute approximate surface area is 90.3 Å². The van der Waals surface area contributed by atoms with Crippen molar-refractivity contribution in [2.45, 2.75) is 33.6 Å². The normalized spacial score (nSPS) is 10.7. The minimum Gasteiger partial charge on any atom is -0.299 e. The number of ketones is 1. The van der Waals surface area contributed by atoms with Crippen LogP contribution in [0.2, 0.25) is 0 Å². The van der Waals surface area contributed by atoms with Gasteiger partial charge in [0.05, 0.1) is 0 Å². The lowest BCUT2D eigenvalue weighted by molar-refractivity contribution is -0.121. The molecule has 1 nitrogen and oxygen atoms in total. The highest BCUT2D eigenvalue weighted by atomic mass is 19.1. The van der Waals surface area contributed by atoms with Crippen LogP contribution in [0.15, 0.2) is 18.2 Å². The lowest BCUT2D eigenvalue weighted by Crippen LogP contribution is -2.08. The van der Waals surface area contributed by atoms with Crippen LogP contribution in [-0.4, -0.2) is 5.78 Å². The summed E-state index contributed by atoms with van der Waals surface area (Å²) in [6.07, 6.45) is 1.26. The molecular weight excluding hydrogens is 191 g/mol. The summed E-state index contributed by atoms with van der Waals surface area (Å²) in [6.45, 7) is 5.68. The highest BCUT2D eigenvalue weighted by Gasteiger charge is 2.08. The van der Waals surface area contributed by atoms with E-state index in [1.54, 1.807) is 6.07 Å². The number of Topliss-reactive ketones (excluding diaryl/α,β-unsaturated/α-hetero) is 1. The van der Waals surface area contributed by atoms with Crippen molar-refractivity contribution in [2.75, 3.05) is 0 Å². The molecule has 0 amide bonds. The highest BCUT2D eigenvalue weighted by Crippen LogP contribution is 2.13. The number of carbonyl (C=O) groups excluding carboxylic acids is 1. The van der Waals surface area contributed by atoms with Crippen LogP contribution in [0.4, 0.5) is 4.39 Å². The Balaban J connectivity index is 2.62. The molecule has 15 heavy (non-hydrogen) atoms. The van der Waals surface area contributed by atoms with E-state index < -0.39 is 0 Å². The van der Waals surface area contributed by atoms with Crippen molar-refractivity contribution in [3.05, 3.63) is 35.1 Å². The third-order valence-corrected chi connectivity index (χ3v) is 2.59. The molecule has 0 aliphatic heterocycles. The molecule has 0 fully saturated rings. The maximum Gasteiger partial charge on any atom is 0.135 e. The Morgan fingerprint density at radius 3 is 2.60 bits per heavy atom. The van der Waals surface area contributed by atoms with Gasteiger partial charge in [-0.3, -0.25) is 4.79 Å². The zero-order chi connectivity index (χ0) is 11.4. The minimum atomic E-state index is -0.216. The van der Waals surface area contributed by atoms with Gasteiger partial charge in [-0.1, -0.05) is 19.9 Å². The summed E-state index contributed by atoms with van der Waals surface area (Å²) in [6, 6.07) is 4.72. The van der Waals surface area contributed by atoms with Gasteiger partial charge in [-0.25, -0.2) is 4.39 Å². The SMILES string of the molecule is Cc1cc(F)ccc1CCC(=O)C(C)C. The summed E-state index contributed by atoms with van der Waals surface area (Å²) in [7, 11) is 0. The molecule has 0 aliphatic rings. The molecule has 0 atom stereocenters. The largest absolute Gasteiger partial charge is 0.299 e. The number of hydrogen-bond acceptors (Lipinski definition) is 1. The summed E-state index contributed by atoms with van der Waals surface area (Å²) < 4.78 is 12.8. The lowest BCUT2D eigenvalue weighted by atomic mass is 9.98. The Morgan fingerprint density at radius 2 is 2.07 bits per heavy atom. The zero-order valence-corrected chi connectivity index (χ0v) is 9.51. The van der Waals surface area contributed by atoms with E-state index in [9.17, 15) is 9.18 Å². The van der Waals surface area contributed by atoms with Crippen LogP contribution in [0.1, 0.15) is 31.4 Å². The van der Waals surface area contributed by atoms with Gasteiger partial charge >= 0.3 is 0 Å². The molecule has 1 rings (SSSR count). The first kappa shape index (κ1) is 11.9. The molecule has 0 N–H and O–H groups in total. The molecule has 0 heterocycles. The predicted molar refractivity (Wildman–Crippen MR) is 59.3 cm³/mol. The van der Waals surface area contributed by atoms with Crippen molar-refractivity contribution in [3.63, 3.8) is 0 Å². The Hall–Kier alpha value is -1.18. The molecule has 0 bridgehead atoms. The number of hydrogen-bond donors (Lipinski definition) is 0. The van der Waals surface area contributed by atoms with Crippen molar-refractivity contribution >= 4 is 5.78 Å². The fraction of sp³-hybridized carbons (Fsp3) is 0.462. The zero-order valence-electron chi connectivity index (χ0n) is 9.51. The van der Waals surface area contributed by atoms with Gasteiger partial charge in [0.25, 0.3) is 0 Å². The summed E-state index contributed by atoms with van der Waals surface area (Å²) in [5.41, 5.74) is 1.98. The first-order valence-corrected chi connectivity index (χ1v) is 5.28. The number of benzene rings is 1. The number of aryl methyl sites for hydroxylation is 2. The molecule has 82 valence electrons. The van der Waals surface area contributed by atoms with Gasteiger partial charge in [-0.05, 0) is 36.6 Å². The van der Waals surface area contributed by atoms with E-state index >= 15 is 0 Å². The van der Waals surface area contributed by atoms with Crippen LogP contribution in [0.5, 0.6) is 0 Å². The van der Waals surface area contributed by atoms with Gasteiger partial charge in [0.1, 0.15) is 11.6 Å². The van der Waals surface area contributed by atoms with E-state index in [1.807, 2.05) is 20.8 Å². The molecule has 0 unspecified atom stereocenters. The fourth-order valence-corrected chi connectivity index (χ4v) is 1.49. The first-order chi connectivity index (χ1) is 7.00. The Morgan fingerprint density at radius 1 is 1.40 bits per heavy atom. The summed E-state index contributed by atoms with van der Waals surface area (Å²) >= 11 is 0. The predicted octanol–water partition coefficient (Wildman–Crippen LogP) is 3.29. The summed E-state index contributed by atoms with van der Waals surface area (Å²) in [4.78, 5) is 11.4. The average molecular weight is 208 g/mol. The standard InChI is InChI=1S/C13H17FO/c1-9(2)13(15)7-5-11-4-6-12(14)8-10(11)3/h4,6,8-9H,5,7H2,1-3H3. The second kappa shape index (κ2) is 5.06. The van der Waals surface area contributed by atoms with Crippen molar-refractivity contribution < 1.29 is 9.18 Å². The van der Waals surface area contributed by atoms with Gasteiger partial charge in [0, 0.05) is 12.3 Å². The molecule has 1 aromatic rings. The average Bonchev–Trinajstić information content (AvgIpc) is 2.15. The Bertz CT molecular complexity index is 356. The fourth-order valence-electron chi connectivity index (χ4n) is 1.49. The molecule has 0 saturated heterocycles. The summed E-state index contributed by atoms with van der Waals surface area (Å²) in [5, 5.41) is 0.